The summed E-state index contributed by atoms with van der Waals surface area (Å²) in [6.45, 7) is 5.16. The monoisotopic (exact) mass is 373 g/mol. The van der Waals surface area contributed by atoms with Crippen molar-refractivity contribution in [2.24, 2.45) is 0 Å². The Bertz CT molecular complexity index is 987. The van der Waals surface area contributed by atoms with Gasteiger partial charge in [-0.25, -0.2) is 17.5 Å². The minimum Gasteiger partial charge on any atom is -0.460 e. The van der Waals surface area contributed by atoms with Gasteiger partial charge in [0.2, 0.25) is 0 Å². The molecular weight excluding hydrogens is 354 g/mol. The molecule has 0 aliphatic carbocycles. The van der Waals surface area contributed by atoms with Crippen molar-refractivity contribution in [3.63, 3.8) is 0 Å². The zero-order valence-electron chi connectivity index (χ0n) is 14.8. The molecule has 1 heterocycles. The second kappa shape index (κ2) is 6.57. The Labute approximate surface area is 152 Å². The second-order valence-electron chi connectivity index (χ2n) is 6.29. The molecule has 0 fully saturated rings. The largest absolute Gasteiger partial charge is 0.460 e. The summed E-state index contributed by atoms with van der Waals surface area (Å²) >= 11 is 0. The molecule has 136 valence electrons. The molecule has 7 heteroatoms. The number of hydrogen-bond acceptors (Lipinski definition) is 5. The van der Waals surface area contributed by atoms with Gasteiger partial charge in [0.1, 0.15) is 11.5 Å². The fraction of sp³-hybridized carbons (Fsp3) is 0.263. The number of nitrogens with zero attached hydrogens (tertiary/aromatic N) is 1. The lowest BCUT2D eigenvalue weighted by Crippen LogP contribution is -2.33. The molecule has 26 heavy (non-hydrogen) atoms. The van der Waals surface area contributed by atoms with E-state index < -0.39 is 21.9 Å². The minimum atomic E-state index is -3.89. The van der Waals surface area contributed by atoms with Crippen molar-refractivity contribution >= 4 is 21.9 Å². The molecule has 0 unspecified atom stereocenters. The molecule has 0 N–H and O–H groups in total. The molecule has 0 saturated carbocycles. The van der Waals surface area contributed by atoms with Gasteiger partial charge in [-0.1, -0.05) is 29.8 Å². The van der Waals surface area contributed by atoms with Gasteiger partial charge in [0.05, 0.1) is 17.7 Å². The summed E-state index contributed by atoms with van der Waals surface area (Å²) in [4.78, 5) is 24.7. The Morgan fingerprint density at radius 2 is 1.69 bits per heavy atom. The van der Waals surface area contributed by atoms with Crippen LogP contribution in [0.5, 0.6) is 0 Å². The molecule has 0 radical (unpaired) electrons. The van der Waals surface area contributed by atoms with Crippen LogP contribution in [-0.4, -0.2) is 37.8 Å². The quantitative estimate of drug-likeness (QED) is 0.770. The molecule has 2 aromatic carbocycles. The standard InChI is InChI=1S/C19H19NO5S/c1-12-10-13(2)17(14(3)11-12)19(22)25-9-8-20-18(21)15-6-4-5-7-16(15)26(20,23)24/h4-7,10-11H,8-9H2,1-3H3. The summed E-state index contributed by atoms with van der Waals surface area (Å²) in [5, 5.41) is 0. The molecule has 0 spiro atoms. The van der Waals surface area contributed by atoms with Crippen molar-refractivity contribution < 1.29 is 22.7 Å². The molecule has 3 rings (SSSR count). The van der Waals surface area contributed by atoms with Crippen LogP contribution >= 0.6 is 0 Å². The maximum atomic E-state index is 12.5. The third-order valence-electron chi connectivity index (χ3n) is 4.32. The van der Waals surface area contributed by atoms with Crippen LogP contribution in [0.1, 0.15) is 37.4 Å². The van der Waals surface area contributed by atoms with Crippen molar-refractivity contribution in [1.82, 2.24) is 4.31 Å². The summed E-state index contributed by atoms with van der Waals surface area (Å²) < 4.78 is 30.9. The normalized spacial score (nSPS) is 15.0. The van der Waals surface area contributed by atoms with Crippen molar-refractivity contribution in [2.75, 3.05) is 13.2 Å². The van der Waals surface area contributed by atoms with Gasteiger partial charge in [-0.15, -0.1) is 0 Å². The van der Waals surface area contributed by atoms with E-state index in [0.717, 1.165) is 21.0 Å². The maximum Gasteiger partial charge on any atom is 0.338 e. The van der Waals surface area contributed by atoms with E-state index in [-0.39, 0.29) is 23.6 Å². The zero-order chi connectivity index (χ0) is 19.1. The highest BCUT2D eigenvalue weighted by Gasteiger charge is 2.40. The smallest absolute Gasteiger partial charge is 0.338 e. The van der Waals surface area contributed by atoms with E-state index in [1.54, 1.807) is 12.1 Å². The lowest BCUT2D eigenvalue weighted by atomic mass is 10.00. The van der Waals surface area contributed by atoms with Crippen molar-refractivity contribution in [2.45, 2.75) is 25.7 Å². The van der Waals surface area contributed by atoms with E-state index in [0.29, 0.717) is 5.56 Å². The average Bonchev–Trinajstić information content (AvgIpc) is 2.75. The van der Waals surface area contributed by atoms with Crippen LogP contribution in [0.2, 0.25) is 0 Å². The molecular formula is C19H19NO5S. The first-order valence-electron chi connectivity index (χ1n) is 8.14. The lowest BCUT2D eigenvalue weighted by Gasteiger charge is -2.16. The molecule has 0 atom stereocenters. The fourth-order valence-corrected chi connectivity index (χ4v) is 4.80. The van der Waals surface area contributed by atoms with Gasteiger partial charge in [0.15, 0.2) is 0 Å². The number of carbonyl (C=O) groups is 2. The van der Waals surface area contributed by atoms with Crippen LogP contribution in [0.15, 0.2) is 41.3 Å². The number of amides is 1. The first-order chi connectivity index (χ1) is 12.2. The molecule has 1 aliphatic rings. The Morgan fingerprint density at radius 3 is 2.31 bits per heavy atom. The third-order valence-corrected chi connectivity index (χ3v) is 6.16. The molecule has 1 aliphatic heterocycles. The number of ether oxygens (including phenoxy) is 1. The molecule has 0 bridgehead atoms. The van der Waals surface area contributed by atoms with Gasteiger partial charge in [0.25, 0.3) is 15.9 Å². The van der Waals surface area contributed by atoms with Crippen LogP contribution in [0.25, 0.3) is 0 Å². The summed E-state index contributed by atoms with van der Waals surface area (Å²) in [6.07, 6.45) is 0. The van der Waals surface area contributed by atoms with Gasteiger partial charge < -0.3 is 4.74 Å². The topological polar surface area (TPSA) is 80.8 Å². The third kappa shape index (κ3) is 2.99. The molecule has 2 aromatic rings. The lowest BCUT2D eigenvalue weighted by molar-refractivity contribution is 0.0476. The van der Waals surface area contributed by atoms with Gasteiger partial charge >= 0.3 is 5.97 Å². The number of sulfonamides is 1. The van der Waals surface area contributed by atoms with Gasteiger partial charge in [-0.3, -0.25) is 4.79 Å². The van der Waals surface area contributed by atoms with E-state index >= 15 is 0 Å². The number of esters is 1. The maximum absolute atomic E-state index is 12.5. The first-order valence-corrected chi connectivity index (χ1v) is 9.58. The summed E-state index contributed by atoms with van der Waals surface area (Å²) in [7, 11) is -3.89. The molecule has 0 aromatic heterocycles. The van der Waals surface area contributed by atoms with Crippen molar-refractivity contribution in [3.8, 4) is 0 Å². The highest BCUT2D eigenvalue weighted by molar-refractivity contribution is 7.90. The predicted molar refractivity (Wildman–Crippen MR) is 95.6 cm³/mol. The number of aryl methyl sites for hydroxylation is 3. The van der Waals surface area contributed by atoms with Crippen molar-refractivity contribution in [3.05, 3.63) is 64.2 Å². The second-order valence-corrected chi connectivity index (χ2v) is 8.12. The molecule has 1 amide bonds. The molecule has 6 nitrogen and oxygen atoms in total. The Balaban J connectivity index is 1.72. The SMILES string of the molecule is Cc1cc(C)c(C(=O)OCCN2C(=O)c3ccccc3S2(=O)=O)c(C)c1. The van der Waals surface area contributed by atoms with Gasteiger partial charge in [-0.05, 0) is 44.0 Å². The van der Waals surface area contributed by atoms with Crippen LogP contribution in [0.4, 0.5) is 0 Å². The fourth-order valence-electron chi connectivity index (χ4n) is 3.25. The van der Waals surface area contributed by atoms with Crippen LogP contribution < -0.4 is 0 Å². The number of rotatable bonds is 4. The highest BCUT2D eigenvalue weighted by Crippen LogP contribution is 2.29. The summed E-state index contributed by atoms with van der Waals surface area (Å²) in [6, 6.07) is 9.81. The van der Waals surface area contributed by atoms with Gasteiger partial charge in [-0.2, -0.15) is 0 Å². The van der Waals surface area contributed by atoms with E-state index in [1.807, 2.05) is 32.9 Å². The first kappa shape index (κ1) is 18.1. The number of benzene rings is 2. The van der Waals surface area contributed by atoms with Crippen LogP contribution in [0, 0.1) is 20.8 Å². The van der Waals surface area contributed by atoms with Crippen molar-refractivity contribution in [1.29, 1.82) is 0 Å². The number of carbonyl (C=O) groups excluding carboxylic acids is 2. The van der Waals surface area contributed by atoms with E-state index in [4.69, 9.17) is 4.74 Å². The van der Waals surface area contributed by atoms with Crippen LogP contribution in [-0.2, 0) is 14.8 Å². The summed E-state index contributed by atoms with van der Waals surface area (Å²) in [5.41, 5.74) is 3.25. The van der Waals surface area contributed by atoms with E-state index in [1.165, 1.54) is 12.1 Å². The average molecular weight is 373 g/mol. The Kier molecular flexibility index (Phi) is 4.58. The zero-order valence-corrected chi connectivity index (χ0v) is 15.6. The van der Waals surface area contributed by atoms with E-state index in [9.17, 15) is 18.0 Å². The van der Waals surface area contributed by atoms with E-state index in [2.05, 4.69) is 0 Å². The summed E-state index contributed by atoms with van der Waals surface area (Å²) in [5.74, 6) is -1.12. The Hall–Kier alpha value is -2.67. The van der Waals surface area contributed by atoms with Gasteiger partial charge in [0, 0.05) is 0 Å². The Morgan fingerprint density at radius 1 is 1.08 bits per heavy atom. The number of fused-ring (bicyclic) bond motifs is 1. The highest BCUT2D eigenvalue weighted by atomic mass is 32.2. The van der Waals surface area contributed by atoms with Crippen LogP contribution in [0.3, 0.4) is 0 Å². The minimum absolute atomic E-state index is 0.0125. The predicted octanol–water partition coefficient (Wildman–Crippen LogP) is 2.61. The molecule has 0 saturated heterocycles. The number of hydrogen-bond donors (Lipinski definition) is 0.